The molecule has 0 atom stereocenters. The molecule has 2 rings (SSSR count). The summed E-state index contributed by atoms with van der Waals surface area (Å²) in [6, 6.07) is 11.0. The minimum Gasteiger partial charge on any atom is -0.492 e. The first-order valence-electron chi connectivity index (χ1n) is 6.63. The second kappa shape index (κ2) is 8.21. The van der Waals surface area contributed by atoms with Crippen LogP contribution in [0.4, 0.5) is 0 Å². The smallest absolute Gasteiger partial charge is 0.191 e. The van der Waals surface area contributed by atoms with Gasteiger partial charge < -0.3 is 19.8 Å². The molecule has 0 amide bonds. The van der Waals surface area contributed by atoms with Crippen LogP contribution in [0.5, 0.6) is 5.75 Å². The molecular weight excluding hydrogens is 290 g/mol. The molecule has 112 valence electrons. The first-order valence-corrected chi connectivity index (χ1v) is 7.01. The lowest BCUT2D eigenvalue weighted by Gasteiger charge is -2.11. The lowest BCUT2D eigenvalue weighted by Crippen LogP contribution is -2.38. The van der Waals surface area contributed by atoms with Gasteiger partial charge in [0.1, 0.15) is 18.1 Å². The van der Waals surface area contributed by atoms with E-state index in [2.05, 4.69) is 15.6 Å². The molecule has 0 aliphatic carbocycles. The van der Waals surface area contributed by atoms with E-state index in [1.807, 2.05) is 24.3 Å². The van der Waals surface area contributed by atoms with Crippen LogP contribution in [0.2, 0.25) is 5.02 Å². The number of nitrogens with one attached hydrogen (secondary N) is 2. The van der Waals surface area contributed by atoms with Crippen molar-refractivity contribution in [3.8, 4) is 5.75 Å². The van der Waals surface area contributed by atoms with Crippen molar-refractivity contribution in [3.05, 3.63) is 53.4 Å². The molecule has 2 aromatic rings. The summed E-state index contributed by atoms with van der Waals surface area (Å²) in [7, 11) is 1.72. The van der Waals surface area contributed by atoms with Crippen LogP contribution in [0.15, 0.2) is 52.1 Å². The third kappa shape index (κ3) is 5.39. The summed E-state index contributed by atoms with van der Waals surface area (Å²) in [5, 5.41) is 7.01. The van der Waals surface area contributed by atoms with Crippen molar-refractivity contribution in [1.82, 2.24) is 10.6 Å². The summed E-state index contributed by atoms with van der Waals surface area (Å²) >= 11 is 5.81. The highest BCUT2D eigenvalue weighted by atomic mass is 35.5. The molecule has 0 aliphatic rings. The molecule has 2 N–H and O–H groups in total. The Morgan fingerprint density at radius 3 is 2.71 bits per heavy atom. The van der Waals surface area contributed by atoms with Crippen LogP contribution in [0.25, 0.3) is 0 Å². The Balaban J connectivity index is 1.65. The fourth-order valence-electron chi connectivity index (χ4n) is 1.67. The number of hydrogen-bond donors (Lipinski definition) is 2. The van der Waals surface area contributed by atoms with Gasteiger partial charge in [0.2, 0.25) is 0 Å². The molecule has 0 bridgehead atoms. The maximum atomic E-state index is 5.81. The van der Waals surface area contributed by atoms with Crippen molar-refractivity contribution in [2.75, 3.05) is 20.2 Å². The van der Waals surface area contributed by atoms with Gasteiger partial charge in [-0.1, -0.05) is 11.6 Å². The van der Waals surface area contributed by atoms with Gasteiger partial charge in [-0.25, -0.2) is 0 Å². The maximum Gasteiger partial charge on any atom is 0.191 e. The van der Waals surface area contributed by atoms with E-state index in [1.165, 1.54) is 0 Å². The van der Waals surface area contributed by atoms with Crippen LogP contribution in [0.1, 0.15) is 5.76 Å². The Kier molecular flexibility index (Phi) is 5.97. The van der Waals surface area contributed by atoms with Gasteiger partial charge in [0.15, 0.2) is 5.96 Å². The molecule has 0 fully saturated rings. The number of benzene rings is 1. The van der Waals surface area contributed by atoms with Gasteiger partial charge in [0.05, 0.1) is 19.4 Å². The van der Waals surface area contributed by atoms with Crippen molar-refractivity contribution >= 4 is 17.6 Å². The molecule has 6 heteroatoms. The number of rotatable bonds is 6. The number of guanidine groups is 1. The molecule has 1 aromatic carbocycles. The van der Waals surface area contributed by atoms with Crippen LogP contribution < -0.4 is 15.4 Å². The number of furan rings is 1. The quantitative estimate of drug-likeness (QED) is 0.489. The molecule has 21 heavy (non-hydrogen) atoms. The van der Waals surface area contributed by atoms with Crippen molar-refractivity contribution < 1.29 is 9.15 Å². The average Bonchev–Trinajstić information content (AvgIpc) is 3.02. The van der Waals surface area contributed by atoms with Crippen molar-refractivity contribution in [3.63, 3.8) is 0 Å². The Hall–Kier alpha value is -2.14. The summed E-state index contributed by atoms with van der Waals surface area (Å²) in [4.78, 5) is 4.12. The molecule has 1 heterocycles. The van der Waals surface area contributed by atoms with Crippen LogP contribution >= 0.6 is 11.6 Å². The van der Waals surface area contributed by atoms with E-state index < -0.39 is 0 Å². The van der Waals surface area contributed by atoms with Crippen molar-refractivity contribution in [2.24, 2.45) is 4.99 Å². The molecular formula is C15H18ClN3O2. The van der Waals surface area contributed by atoms with E-state index >= 15 is 0 Å². The van der Waals surface area contributed by atoms with E-state index in [-0.39, 0.29) is 0 Å². The molecule has 0 saturated carbocycles. The Bertz CT molecular complexity index is 553. The van der Waals surface area contributed by atoms with E-state index in [0.717, 1.165) is 11.5 Å². The predicted octanol–water partition coefficient (Wildman–Crippen LogP) is 2.68. The van der Waals surface area contributed by atoms with E-state index in [1.54, 1.807) is 25.4 Å². The number of aliphatic imine (C=N–C) groups is 1. The van der Waals surface area contributed by atoms with E-state index in [4.69, 9.17) is 20.8 Å². The van der Waals surface area contributed by atoms with Gasteiger partial charge in [0.25, 0.3) is 0 Å². The van der Waals surface area contributed by atoms with Gasteiger partial charge in [-0.15, -0.1) is 0 Å². The summed E-state index contributed by atoms with van der Waals surface area (Å²) in [5.74, 6) is 2.35. The molecule has 1 aromatic heterocycles. The highest BCUT2D eigenvalue weighted by molar-refractivity contribution is 6.30. The Morgan fingerprint density at radius 2 is 2.05 bits per heavy atom. The van der Waals surface area contributed by atoms with E-state index in [9.17, 15) is 0 Å². The van der Waals surface area contributed by atoms with Gasteiger partial charge >= 0.3 is 0 Å². The highest BCUT2D eigenvalue weighted by Gasteiger charge is 2.00. The number of halogens is 1. The summed E-state index contributed by atoms with van der Waals surface area (Å²) < 4.78 is 10.8. The lowest BCUT2D eigenvalue weighted by molar-refractivity contribution is 0.322. The minimum atomic E-state index is 0.531. The first kappa shape index (κ1) is 15.3. The zero-order valence-electron chi connectivity index (χ0n) is 11.8. The van der Waals surface area contributed by atoms with Gasteiger partial charge in [-0.05, 0) is 36.4 Å². The largest absolute Gasteiger partial charge is 0.492 e. The topological polar surface area (TPSA) is 58.8 Å². The highest BCUT2D eigenvalue weighted by Crippen LogP contribution is 2.15. The summed E-state index contributed by atoms with van der Waals surface area (Å²) in [6.45, 7) is 1.76. The van der Waals surface area contributed by atoms with Gasteiger partial charge in [-0.3, -0.25) is 4.99 Å². The molecule has 0 aliphatic heterocycles. The summed E-state index contributed by atoms with van der Waals surface area (Å²) in [5.41, 5.74) is 0. The standard InChI is InChI=1S/C15H18ClN3O2/c1-17-15(19-11-14-3-2-9-20-14)18-8-10-21-13-6-4-12(16)5-7-13/h2-7,9H,8,10-11H2,1H3,(H2,17,18,19). The Labute approximate surface area is 129 Å². The van der Waals surface area contributed by atoms with Crippen LogP contribution in [-0.4, -0.2) is 26.2 Å². The van der Waals surface area contributed by atoms with Crippen molar-refractivity contribution in [2.45, 2.75) is 6.54 Å². The fraction of sp³-hybridized carbons (Fsp3) is 0.267. The van der Waals surface area contributed by atoms with Crippen LogP contribution in [-0.2, 0) is 6.54 Å². The van der Waals surface area contributed by atoms with Crippen LogP contribution in [0.3, 0.4) is 0 Å². The van der Waals surface area contributed by atoms with Crippen LogP contribution in [0, 0.1) is 0 Å². The third-order valence-electron chi connectivity index (χ3n) is 2.71. The predicted molar refractivity (Wildman–Crippen MR) is 83.9 cm³/mol. The monoisotopic (exact) mass is 307 g/mol. The molecule has 0 saturated heterocycles. The molecule has 0 unspecified atom stereocenters. The fourth-order valence-corrected chi connectivity index (χ4v) is 1.80. The molecule has 5 nitrogen and oxygen atoms in total. The van der Waals surface area contributed by atoms with Gasteiger partial charge in [0, 0.05) is 12.1 Å². The zero-order valence-corrected chi connectivity index (χ0v) is 12.6. The second-order valence-corrected chi connectivity index (χ2v) is 4.67. The first-order chi connectivity index (χ1) is 10.3. The number of hydrogen-bond acceptors (Lipinski definition) is 3. The zero-order chi connectivity index (χ0) is 14.9. The van der Waals surface area contributed by atoms with E-state index in [0.29, 0.717) is 30.7 Å². The maximum absolute atomic E-state index is 5.81. The lowest BCUT2D eigenvalue weighted by atomic mass is 10.3. The molecule has 0 radical (unpaired) electrons. The third-order valence-corrected chi connectivity index (χ3v) is 2.96. The van der Waals surface area contributed by atoms with Crippen molar-refractivity contribution in [1.29, 1.82) is 0 Å². The second-order valence-electron chi connectivity index (χ2n) is 4.23. The SMILES string of the molecule is CN=C(NCCOc1ccc(Cl)cc1)NCc1ccco1. The average molecular weight is 308 g/mol. The molecule has 0 spiro atoms. The Morgan fingerprint density at radius 1 is 1.24 bits per heavy atom. The number of nitrogens with zero attached hydrogens (tertiary/aromatic N) is 1. The number of ether oxygens (including phenoxy) is 1. The summed E-state index contributed by atoms with van der Waals surface area (Å²) in [6.07, 6.45) is 1.65. The van der Waals surface area contributed by atoms with Gasteiger partial charge in [-0.2, -0.15) is 0 Å². The minimum absolute atomic E-state index is 0.531. The normalized spacial score (nSPS) is 11.2.